The molecule has 60 heavy (non-hydrogen) atoms. The largest absolute Gasteiger partial charge is 0.361 e. The van der Waals surface area contributed by atoms with E-state index in [1.165, 1.54) is 23.6 Å². The van der Waals surface area contributed by atoms with Crippen molar-refractivity contribution >= 4 is 58.2 Å². The Labute approximate surface area is 348 Å². The predicted molar refractivity (Wildman–Crippen MR) is 220 cm³/mol. The first-order valence-corrected chi connectivity index (χ1v) is 20.7. The molecule has 7 N–H and O–H groups in total. The molecular formula is C43H55N9O8. The van der Waals surface area contributed by atoms with Crippen molar-refractivity contribution in [2.75, 3.05) is 19.6 Å². The first-order valence-electron chi connectivity index (χ1n) is 20.7. The van der Waals surface area contributed by atoms with Gasteiger partial charge in [-0.3, -0.25) is 38.4 Å². The van der Waals surface area contributed by atoms with E-state index in [2.05, 4.69) is 36.9 Å². The third kappa shape index (κ3) is 10.1. The normalized spacial score (nSPS) is 27.0. The number of benzene rings is 2. The second-order valence-corrected chi connectivity index (χ2v) is 16.2. The Hall–Kier alpha value is -6.26. The summed E-state index contributed by atoms with van der Waals surface area (Å²) >= 11 is 0. The molecule has 17 nitrogen and oxygen atoms in total. The molecule has 0 saturated carbocycles. The molecule has 8 amide bonds. The van der Waals surface area contributed by atoms with E-state index in [0.29, 0.717) is 43.4 Å². The van der Waals surface area contributed by atoms with Crippen LogP contribution in [0.4, 0.5) is 0 Å². The maximum atomic E-state index is 14.2. The van der Waals surface area contributed by atoms with E-state index in [1.54, 1.807) is 44.3 Å². The number of nitrogens with one attached hydrogen (secondary N) is 7. The molecule has 6 rings (SSSR count). The molecule has 0 bridgehead atoms. The number of carbonyl (C=O) groups excluding carboxylic acids is 8. The third-order valence-electron chi connectivity index (χ3n) is 11.5. The molecule has 3 fully saturated rings. The average Bonchev–Trinajstić information content (AvgIpc) is 4.02. The van der Waals surface area contributed by atoms with E-state index in [9.17, 15) is 38.4 Å². The molecule has 17 heteroatoms. The molecule has 3 saturated heterocycles. The van der Waals surface area contributed by atoms with Crippen molar-refractivity contribution in [3.8, 4) is 0 Å². The quantitative estimate of drug-likeness (QED) is 0.187. The van der Waals surface area contributed by atoms with Crippen LogP contribution in [-0.4, -0.2) is 124 Å². The summed E-state index contributed by atoms with van der Waals surface area (Å²) in [5.41, 5.74) is 2.24. The molecule has 320 valence electrons. The van der Waals surface area contributed by atoms with Crippen molar-refractivity contribution in [3.05, 3.63) is 71.9 Å². The van der Waals surface area contributed by atoms with Crippen molar-refractivity contribution in [2.45, 2.75) is 109 Å². The molecule has 4 heterocycles. The number of nitrogens with zero attached hydrogens (tertiary/aromatic N) is 2. The number of rotatable bonds is 5. The van der Waals surface area contributed by atoms with Crippen molar-refractivity contribution in [3.63, 3.8) is 0 Å². The van der Waals surface area contributed by atoms with Gasteiger partial charge in [0.1, 0.15) is 42.3 Å². The molecule has 7 atom stereocenters. The molecule has 0 radical (unpaired) electrons. The molecule has 3 aliphatic heterocycles. The van der Waals surface area contributed by atoms with Crippen LogP contribution in [0.15, 0.2) is 60.8 Å². The van der Waals surface area contributed by atoms with Gasteiger partial charge in [0.15, 0.2) is 0 Å². The highest BCUT2D eigenvalue weighted by Gasteiger charge is 2.44. The Bertz CT molecular complexity index is 2100. The third-order valence-corrected chi connectivity index (χ3v) is 11.5. The summed E-state index contributed by atoms with van der Waals surface area (Å²) in [4.78, 5) is 117. The van der Waals surface area contributed by atoms with Crippen LogP contribution in [0, 0.1) is 5.92 Å². The van der Waals surface area contributed by atoms with Crippen molar-refractivity contribution in [1.82, 2.24) is 46.7 Å². The van der Waals surface area contributed by atoms with Crippen LogP contribution >= 0.6 is 0 Å². The summed E-state index contributed by atoms with van der Waals surface area (Å²) in [6.07, 6.45) is 3.60. The summed E-state index contributed by atoms with van der Waals surface area (Å²) in [7, 11) is 0. The van der Waals surface area contributed by atoms with E-state index >= 15 is 0 Å². The average molecular weight is 826 g/mol. The molecule has 1 aromatic heterocycles. The van der Waals surface area contributed by atoms with Gasteiger partial charge in [-0.1, -0.05) is 62.4 Å². The van der Waals surface area contributed by atoms with Crippen molar-refractivity contribution in [2.24, 2.45) is 5.92 Å². The zero-order chi connectivity index (χ0) is 43.1. The number of amides is 8. The summed E-state index contributed by atoms with van der Waals surface area (Å²) in [6.45, 7) is 6.53. The van der Waals surface area contributed by atoms with Gasteiger partial charge in [0.25, 0.3) is 0 Å². The lowest BCUT2D eigenvalue weighted by Crippen LogP contribution is -2.61. The van der Waals surface area contributed by atoms with Crippen molar-refractivity contribution < 1.29 is 38.4 Å². The molecule has 3 aromatic rings. The molecule has 2 aromatic carbocycles. The standard InChI is InChI=1S/C43H55N9O8/c1-24(2)36-43(60)52-19-11-17-34(52)42(59)51-18-10-16-33(51)41(58)45-23-35(53)46-25(3)37(54)48-31(20-27-12-6-5-7-13-27)40(57)49-32(39(56)47-26(4)38(55)50-36)21-28-22-44-30-15-9-8-14-29(28)30/h5-9,12-15,22,24-26,31-34,36,44H,10-11,16-21,23H2,1-4H3,(H,45,58)(H,46,53)(H,47,56)(H,48,54)(H,49,57)(H,50,55). The van der Waals surface area contributed by atoms with Gasteiger partial charge in [-0.15, -0.1) is 0 Å². The monoisotopic (exact) mass is 825 g/mol. The van der Waals surface area contributed by atoms with E-state index < -0.39 is 96.1 Å². The highest BCUT2D eigenvalue weighted by Crippen LogP contribution is 2.27. The summed E-state index contributed by atoms with van der Waals surface area (Å²) in [5.74, 6) is -5.15. The minimum atomic E-state index is -1.23. The van der Waals surface area contributed by atoms with E-state index in [4.69, 9.17) is 0 Å². The minimum absolute atomic E-state index is 0.00939. The molecule has 0 aliphatic carbocycles. The van der Waals surface area contributed by atoms with Gasteiger partial charge >= 0.3 is 0 Å². The molecule has 3 aliphatic rings. The minimum Gasteiger partial charge on any atom is -0.361 e. The zero-order valence-electron chi connectivity index (χ0n) is 34.4. The van der Waals surface area contributed by atoms with Crippen LogP contribution in [0.2, 0.25) is 0 Å². The number of carbonyl (C=O) groups is 8. The fraction of sp³-hybridized carbons (Fsp3) is 0.488. The van der Waals surface area contributed by atoms with Gasteiger partial charge in [-0.25, -0.2) is 0 Å². The van der Waals surface area contributed by atoms with Crippen LogP contribution in [0.25, 0.3) is 10.9 Å². The Morgan fingerprint density at radius 1 is 0.617 bits per heavy atom. The smallest absolute Gasteiger partial charge is 0.246 e. The second kappa shape index (κ2) is 19.2. The summed E-state index contributed by atoms with van der Waals surface area (Å²) in [5, 5.41) is 17.0. The highest BCUT2D eigenvalue weighted by molar-refractivity contribution is 5.99. The summed E-state index contributed by atoms with van der Waals surface area (Å²) in [6, 6.07) is 8.91. The Morgan fingerprint density at radius 2 is 1.20 bits per heavy atom. The number of hydrogen-bond donors (Lipinski definition) is 7. The topological polar surface area (TPSA) is 231 Å². The first kappa shape index (κ1) is 43.3. The van der Waals surface area contributed by atoms with E-state index in [0.717, 1.165) is 10.9 Å². The lowest BCUT2D eigenvalue weighted by atomic mass is 10.0. The predicted octanol–water partition coefficient (Wildman–Crippen LogP) is 0.185. The number of aromatic nitrogens is 1. The van der Waals surface area contributed by atoms with Crippen LogP contribution < -0.4 is 31.9 Å². The Morgan fingerprint density at radius 3 is 1.92 bits per heavy atom. The number of H-pyrrole nitrogens is 1. The van der Waals surface area contributed by atoms with Gasteiger partial charge < -0.3 is 46.7 Å². The molecular weight excluding hydrogens is 771 g/mol. The van der Waals surface area contributed by atoms with Gasteiger partial charge in [0.2, 0.25) is 47.3 Å². The van der Waals surface area contributed by atoms with Crippen molar-refractivity contribution in [1.29, 1.82) is 0 Å². The van der Waals surface area contributed by atoms with Gasteiger partial charge in [-0.2, -0.15) is 0 Å². The van der Waals surface area contributed by atoms with Gasteiger partial charge in [0, 0.05) is 43.0 Å². The number of aromatic amines is 1. The van der Waals surface area contributed by atoms with Gasteiger partial charge in [-0.05, 0) is 62.6 Å². The zero-order valence-corrected chi connectivity index (χ0v) is 34.4. The number of fused-ring (bicyclic) bond motifs is 3. The SMILES string of the molecule is CC1NC(=O)CNC(=O)C2CCCN2C(=O)C2CCCN2C(=O)C(C(C)C)NC(=O)C(C)NC(=O)C(Cc2c[nH]c3ccccc23)NC(=O)C(Cc2ccccc2)NC1=O. The lowest BCUT2D eigenvalue weighted by molar-refractivity contribution is -0.148. The van der Waals surface area contributed by atoms with E-state index in [-0.39, 0.29) is 25.3 Å². The van der Waals surface area contributed by atoms with Crippen LogP contribution in [0.3, 0.4) is 0 Å². The maximum absolute atomic E-state index is 14.2. The fourth-order valence-electron chi connectivity index (χ4n) is 8.13. The fourth-order valence-corrected chi connectivity index (χ4v) is 8.13. The van der Waals surface area contributed by atoms with Gasteiger partial charge in [0.05, 0.1) is 6.54 Å². The van der Waals surface area contributed by atoms with Crippen LogP contribution in [-0.2, 0) is 51.2 Å². The lowest BCUT2D eigenvalue weighted by Gasteiger charge is -2.34. The first-order chi connectivity index (χ1) is 28.7. The maximum Gasteiger partial charge on any atom is 0.246 e. The van der Waals surface area contributed by atoms with Crippen LogP contribution in [0.5, 0.6) is 0 Å². The van der Waals surface area contributed by atoms with E-state index in [1.807, 2.05) is 30.3 Å². The second-order valence-electron chi connectivity index (χ2n) is 16.2. The highest BCUT2D eigenvalue weighted by atomic mass is 16.2. The molecule has 0 spiro atoms. The van der Waals surface area contributed by atoms with Crippen LogP contribution in [0.1, 0.15) is 64.5 Å². The molecule has 7 unspecified atom stereocenters. The summed E-state index contributed by atoms with van der Waals surface area (Å²) < 4.78 is 0. The Balaban J connectivity index is 1.31. The number of para-hydroxylation sites is 1. The number of hydrogen-bond acceptors (Lipinski definition) is 8. The Kier molecular flexibility index (Phi) is 13.9.